The number of carbonyl (C=O) groups is 4. The van der Waals surface area contributed by atoms with Crippen LogP contribution in [0.3, 0.4) is 0 Å². The molecule has 1 unspecified atom stereocenters. The Labute approximate surface area is 241 Å². The molecule has 1 aromatic rings. The van der Waals surface area contributed by atoms with Crippen molar-refractivity contribution in [2.45, 2.75) is 71.8 Å². The number of aromatic nitrogens is 1. The fraction of sp³-hybridized carbons (Fsp3) is 0.700. The molecule has 11 heteroatoms. The zero-order valence-electron chi connectivity index (χ0n) is 24.8. The monoisotopic (exact) mass is 569 g/mol. The lowest BCUT2D eigenvalue weighted by Gasteiger charge is -2.50. The Morgan fingerprint density at radius 1 is 1.02 bits per heavy atom. The van der Waals surface area contributed by atoms with Gasteiger partial charge in [-0.1, -0.05) is 19.9 Å². The first kappa shape index (κ1) is 29.3. The SMILES string of the molecule is CC(C)(C)OC(=O)N1CC(C(=O)NNC(=O)Cc2cccc(C3CCOCC3)n2)C2(C1)CN(C(=O)[C@H]1CC1(C)C)C2. The zero-order chi connectivity index (χ0) is 29.6. The summed E-state index contributed by atoms with van der Waals surface area (Å²) in [4.78, 5) is 60.1. The van der Waals surface area contributed by atoms with Crippen LogP contribution in [0.5, 0.6) is 0 Å². The highest BCUT2D eigenvalue weighted by Gasteiger charge is 2.62. The fourth-order valence-electron chi connectivity index (χ4n) is 6.34. The Hall–Kier alpha value is -3.21. The van der Waals surface area contributed by atoms with Crippen LogP contribution in [0.2, 0.25) is 0 Å². The maximum Gasteiger partial charge on any atom is 0.410 e. The molecular weight excluding hydrogens is 526 g/mol. The Bertz CT molecular complexity index is 1200. The van der Waals surface area contributed by atoms with Crippen molar-refractivity contribution in [3.8, 4) is 0 Å². The van der Waals surface area contributed by atoms with E-state index in [0.29, 0.717) is 44.5 Å². The van der Waals surface area contributed by atoms with E-state index in [4.69, 9.17) is 9.47 Å². The van der Waals surface area contributed by atoms with Crippen molar-refractivity contribution < 1.29 is 28.7 Å². The number of rotatable bonds is 5. The van der Waals surface area contributed by atoms with Crippen molar-refractivity contribution in [2.24, 2.45) is 22.7 Å². The molecular formula is C30H43N5O6. The van der Waals surface area contributed by atoms with Gasteiger partial charge in [0.15, 0.2) is 0 Å². The summed E-state index contributed by atoms with van der Waals surface area (Å²) in [6, 6.07) is 5.68. The molecule has 1 aliphatic carbocycles. The zero-order valence-corrected chi connectivity index (χ0v) is 24.8. The summed E-state index contributed by atoms with van der Waals surface area (Å²) in [7, 11) is 0. The molecule has 4 heterocycles. The second kappa shape index (κ2) is 10.9. The normalized spacial score (nSPS) is 24.9. The number of nitrogens with zero attached hydrogens (tertiary/aromatic N) is 3. The van der Waals surface area contributed by atoms with Crippen LogP contribution in [-0.2, 0) is 30.3 Å². The van der Waals surface area contributed by atoms with E-state index in [-0.39, 0.29) is 42.0 Å². The highest BCUT2D eigenvalue weighted by Crippen LogP contribution is 2.54. The molecule has 4 amide bonds. The lowest BCUT2D eigenvalue weighted by molar-refractivity contribution is -0.152. The first-order chi connectivity index (χ1) is 19.3. The van der Waals surface area contributed by atoms with E-state index in [1.807, 2.05) is 12.1 Å². The molecule has 4 aliphatic rings. The van der Waals surface area contributed by atoms with Crippen molar-refractivity contribution >= 4 is 23.8 Å². The Balaban J connectivity index is 1.20. The van der Waals surface area contributed by atoms with Gasteiger partial charge >= 0.3 is 6.09 Å². The number of pyridine rings is 1. The van der Waals surface area contributed by atoms with Gasteiger partial charge in [0, 0.05) is 62.3 Å². The van der Waals surface area contributed by atoms with Gasteiger partial charge in [0.1, 0.15) is 5.60 Å². The third-order valence-electron chi connectivity index (χ3n) is 8.89. The summed E-state index contributed by atoms with van der Waals surface area (Å²) in [6.45, 7) is 12.2. The minimum atomic E-state index is -0.673. The molecule has 2 N–H and O–H groups in total. The van der Waals surface area contributed by atoms with Gasteiger partial charge in [-0.2, -0.15) is 0 Å². The Morgan fingerprint density at radius 2 is 1.68 bits per heavy atom. The van der Waals surface area contributed by atoms with Crippen molar-refractivity contribution in [1.29, 1.82) is 0 Å². The van der Waals surface area contributed by atoms with Crippen LogP contribution in [0.25, 0.3) is 0 Å². The molecule has 4 fully saturated rings. The van der Waals surface area contributed by atoms with Crippen LogP contribution in [0.1, 0.15) is 71.2 Å². The average Bonchev–Trinajstić information content (AvgIpc) is 3.34. The maximum atomic E-state index is 13.4. The van der Waals surface area contributed by atoms with Crippen LogP contribution in [0, 0.1) is 22.7 Å². The summed E-state index contributed by atoms with van der Waals surface area (Å²) >= 11 is 0. The quantitative estimate of drug-likeness (QED) is 0.521. The number of hydrogen-bond donors (Lipinski definition) is 2. The van der Waals surface area contributed by atoms with E-state index in [1.165, 1.54) is 0 Å². The van der Waals surface area contributed by atoms with Crippen molar-refractivity contribution in [2.75, 3.05) is 39.4 Å². The first-order valence-corrected chi connectivity index (χ1v) is 14.7. The van der Waals surface area contributed by atoms with E-state index in [0.717, 1.165) is 25.0 Å². The Morgan fingerprint density at radius 3 is 2.32 bits per heavy atom. The van der Waals surface area contributed by atoms with E-state index in [9.17, 15) is 19.2 Å². The smallest absolute Gasteiger partial charge is 0.410 e. The molecule has 41 heavy (non-hydrogen) atoms. The van der Waals surface area contributed by atoms with E-state index >= 15 is 0 Å². The van der Waals surface area contributed by atoms with Gasteiger partial charge in [0.05, 0.1) is 18.0 Å². The molecule has 0 bridgehead atoms. The molecule has 1 aromatic heterocycles. The molecule has 2 atom stereocenters. The maximum absolute atomic E-state index is 13.4. The molecule has 1 spiro atoms. The summed E-state index contributed by atoms with van der Waals surface area (Å²) in [6.07, 6.45) is 2.21. The van der Waals surface area contributed by atoms with E-state index in [2.05, 4.69) is 29.7 Å². The molecule has 11 nitrogen and oxygen atoms in total. The van der Waals surface area contributed by atoms with Gasteiger partial charge in [-0.15, -0.1) is 0 Å². The average molecular weight is 570 g/mol. The fourth-order valence-corrected chi connectivity index (χ4v) is 6.34. The van der Waals surface area contributed by atoms with Gasteiger partial charge < -0.3 is 19.3 Å². The predicted octanol–water partition coefficient (Wildman–Crippen LogP) is 2.41. The predicted molar refractivity (Wildman–Crippen MR) is 149 cm³/mol. The molecule has 5 rings (SSSR count). The van der Waals surface area contributed by atoms with Gasteiger partial charge in [0.25, 0.3) is 0 Å². The number of ether oxygens (including phenoxy) is 2. The summed E-state index contributed by atoms with van der Waals surface area (Å²) < 4.78 is 11.0. The third kappa shape index (κ3) is 6.50. The minimum Gasteiger partial charge on any atom is -0.444 e. The van der Waals surface area contributed by atoms with Crippen molar-refractivity contribution in [1.82, 2.24) is 25.6 Å². The summed E-state index contributed by atoms with van der Waals surface area (Å²) in [5.74, 6) is -0.924. The van der Waals surface area contributed by atoms with Crippen molar-refractivity contribution in [3.05, 3.63) is 29.6 Å². The lowest BCUT2D eigenvalue weighted by atomic mass is 9.71. The van der Waals surface area contributed by atoms with Crippen LogP contribution >= 0.6 is 0 Å². The standard InChI is InChI=1S/C30H43N5O6/c1-28(2,3)41-27(39)34-15-22(30(16-34)17-35(18-30)26(38)21-14-29(21,4)5)25(37)33-32-24(36)13-20-7-6-8-23(31-20)19-9-11-40-12-10-19/h6-8,19,21-22H,9-18H2,1-5H3,(H,32,36)(H,33,37)/t21-,22?/m1/s1. The second-order valence-corrected chi connectivity index (χ2v) is 13.9. The van der Waals surface area contributed by atoms with Crippen LogP contribution in [0.4, 0.5) is 4.79 Å². The van der Waals surface area contributed by atoms with Crippen LogP contribution in [-0.4, -0.2) is 83.6 Å². The summed E-state index contributed by atoms with van der Waals surface area (Å²) in [5, 5.41) is 0. The number of likely N-dealkylation sites (tertiary alicyclic amines) is 2. The molecule has 1 saturated carbocycles. The Kier molecular flexibility index (Phi) is 7.78. The minimum absolute atomic E-state index is 0.00772. The highest BCUT2D eigenvalue weighted by molar-refractivity contribution is 5.87. The number of hydrogen-bond acceptors (Lipinski definition) is 7. The molecule has 224 valence electrons. The number of amides is 4. The van der Waals surface area contributed by atoms with Gasteiger partial charge in [-0.25, -0.2) is 4.79 Å². The number of carbonyl (C=O) groups excluding carboxylic acids is 4. The highest BCUT2D eigenvalue weighted by atomic mass is 16.6. The first-order valence-electron chi connectivity index (χ1n) is 14.7. The van der Waals surface area contributed by atoms with Gasteiger partial charge in [-0.05, 0) is 57.6 Å². The second-order valence-electron chi connectivity index (χ2n) is 13.9. The molecule has 0 radical (unpaired) electrons. The lowest BCUT2D eigenvalue weighted by Crippen LogP contribution is -2.65. The molecule has 3 saturated heterocycles. The van der Waals surface area contributed by atoms with Gasteiger partial charge in [-0.3, -0.25) is 30.2 Å². The molecule has 3 aliphatic heterocycles. The topological polar surface area (TPSA) is 130 Å². The number of nitrogens with one attached hydrogen (secondary N) is 2. The van der Waals surface area contributed by atoms with E-state index in [1.54, 1.807) is 36.6 Å². The largest absolute Gasteiger partial charge is 0.444 e. The van der Waals surface area contributed by atoms with Crippen LogP contribution < -0.4 is 10.9 Å². The van der Waals surface area contributed by atoms with E-state index < -0.39 is 23.0 Å². The van der Waals surface area contributed by atoms with Gasteiger partial charge in [0.2, 0.25) is 17.7 Å². The van der Waals surface area contributed by atoms with Crippen LogP contribution in [0.15, 0.2) is 18.2 Å². The third-order valence-corrected chi connectivity index (χ3v) is 8.89. The summed E-state index contributed by atoms with van der Waals surface area (Å²) in [5.41, 5.74) is 5.46. The molecule has 0 aromatic carbocycles. The van der Waals surface area contributed by atoms with Crippen molar-refractivity contribution in [3.63, 3.8) is 0 Å². The number of hydrazine groups is 1.